The van der Waals surface area contributed by atoms with Crippen LogP contribution in [0.3, 0.4) is 0 Å². The van der Waals surface area contributed by atoms with Crippen LogP contribution in [0.5, 0.6) is 5.88 Å². The average molecular weight is 453 g/mol. The van der Waals surface area contributed by atoms with Crippen LogP contribution in [0.25, 0.3) is 10.9 Å². The van der Waals surface area contributed by atoms with Crippen molar-refractivity contribution in [1.29, 1.82) is 0 Å². The average Bonchev–Trinajstić information content (AvgIpc) is 3.19. The first-order valence-corrected chi connectivity index (χ1v) is 11.7. The molecule has 5 rings (SSSR count). The molecule has 0 aliphatic carbocycles. The molecular formula is C28H28N4O2. The molecule has 4 N–H and O–H groups in total. The number of likely N-dealkylation sites (tertiary alicyclic amines) is 1. The number of primary amides is 1. The van der Waals surface area contributed by atoms with Crippen molar-refractivity contribution in [2.45, 2.75) is 25.8 Å². The van der Waals surface area contributed by atoms with E-state index in [1.165, 1.54) is 24.8 Å². The number of rotatable bonds is 6. The van der Waals surface area contributed by atoms with Gasteiger partial charge in [0.15, 0.2) is 5.88 Å². The first-order valence-electron chi connectivity index (χ1n) is 11.7. The number of H-pyrrole nitrogens is 1. The minimum absolute atomic E-state index is 0.000872. The second-order valence-corrected chi connectivity index (χ2v) is 8.80. The lowest BCUT2D eigenvalue weighted by Crippen LogP contribution is -2.28. The summed E-state index contributed by atoms with van der Waals surface area (Å²) in [6.45, 7) is 3.27. The number of hydrogen-bond donors (Lipinski definition) is 3. The van der Waals surface area contributed by atoms with Crippen molar-refractivity contribution in [3.63, 3.8) is 0 Å². The normalized spacial score (nSPS) is 15.0. The molecule has 6 heteroatoms. The molecule has 6 nitrogen and oxygen atoms in total. The Labute approximate surface area is 198 Å². The lowest BCUT2D eigenvalue weighted by Gasteiger charge is -2.26. The van der Waals surface area contributed by atoms with Crippen LogP contribution in [0.2, 0.25) is 0 Å². The smallest absolute Gasteiger partial charge is 0.248 e. The molecule has 4 aromatic rings. The molecule has 0 spiro atoms. The predicted octanol–water partition coefficient (Wildman–Crippen LogP) is 5.13. The minimum atomic E-state index is -0.518. The molecule has 1 aliphatic heterocycles. The van der Waals surface area contributed by atoms with Gasteiger partial charge in [0, 0.05) is 28.6 Å². The number of amides is 1. The Morgan fingerprint density at radius 1 is 0.941 bits per heavy atom. The van der Waals surface area contributed by atoms with Gasteiger partial charge in [-0.15, -0.1) is 0 Å². The van der Waals surface area contributed by atoms with Crippen molar-refractivity contribution in [3.05, 3.63) is 95.1 Å². The summed E-state index contributed by atoms with van der Waals surface area (Å²) in [4.78, 5) is 22.2. The number of benzene rings is 3. The van der Waals surface area contributed by atoms with Crippen LogP contribution in [-0.4, -0.2) is 39.7 Å². The van der Waals surface area contributed by atoms with Crippen LogP contribution in [0.15, 0.2) is 77.8 Å². The van der Waals surface area contributed by atoms with E-state index < -0.39 is 5.91 Å². The van der Waals surface area contributed by atoms with E-state index in [0.717, 1.165) is 30.9 Å². The zero-order valence-electron chi connectivity index (χ0n) is 19.0. The van der Waals surface area contributed by atoms with Crippen molar-refractivity contribution in [2.24, 2.45) is 10.7 Å². The number of aromatic hydroxyl groups is 1. The minimum Gasteiger partial charge on any atom is -0.494 e. The summed E-state index contributed by atoms with van der Waals surface area (Å²) in [5.74, 6) is -0.517. The van der Waals surface area contributed by atoms with E-state index in [1.54, 1.807) is 18.2 Å². The van der Waals surface area contributed by atoms with Gasteiger partial charge < -0.3 is 15.8 Å². The van der Waals surface area contributed by atoms with E-state index in [1.807, 2.05) is 42.5 Å². The number of aliphatic imine (C=N–C) groups is 1. The highest BCUT2D eigenvalue weighted by atomic mass is 16.3. The molecule has 1 amide bonds. The van der Waals surface area contributed by atoms with Gasteiger partial charge in [0.1, 0.15) is 0 Å². The van der Waals surface area contributed by atoms with Crippen LogP contribution in [-0.2, 0) is 6.54 Å². The maximum Gasteiger partial charge on any atom is 0.248 e. The molecule has 0 radical (unpaired) electrons. The largest absolute Gasteiger partial charge is 0.494 e. The Morgan fingerprint density at radius 2 is 1.68 bits per heavy atom. The first-order chi connectivity index (χ1) is 16.6. The van der Waals surface area contributed by atoms with Crippen LogP contribution >= 0.6 is 0 Å². The number of nitrogens with zero attached hydrogens (tertiary/aromatic N) is 2. The van der Waals surface area contributed by atoms with Gasteiger partial charge in [0.2, 0.25) is 5.91 Å². The molecule has 3 aromatic carbocycles. The summed E-state index contributed by atoms with van der Waals surface area (Å²) < 4.78 is 0. The molecule has 0 atom stereocenters. The fourth-order valence-electron chi connectivity index (χ4n) is 4.61. The third-order valence-corrected chi connectivity index (χ3v) is 6.38. The summed E-state index contributed by atoms with van der Waals surface area (Å²) in [5.41, 5.74) is 10.7. The molecule has 1 aliphatic rings. The molecule has 172 valence electrons. The maximum atomic E-state index is 11.8. The number of aromatic nitrogens is 1. The zero-order chi connectivity index (χ0) is 23.5. The van der Waals surface area contributed by atoms with Crippen LogP contribution in [0, 0.1) is 0 Å². The Kier molecular flexibility index (Phi) is 6.14. The first kappa shape index (κ1) is 21.9. The van der Waals surface area contributed by atoms with Crippen LogP contribution < -0.4 is 5.73 Å². The highest BCUT2D eigenvalue weighted by Crippen LogP contribution is 2.32. The number of carbonyl (C=O) groups is 1. The molecule has 1 aromatic heterocycles. The number of piperidine rings is 1. The van der Waals surface area contributed by atoms with Gasteiger partial charge in [-0.3, -0.25) is 9.69 Å². The fraction of sp³-hybridized carbons (Fsp3) is 0.214. The summed E-state index contributed by atoms with van der Waals surface area (Å²) in [7, 11) is 0. The van der Waals surface area contributed by atoms with E-state index in [-0.39, 0.29) is 5.88 Å². The SMILES string of the molecule is NC(=O)c1ccc2[nH]c(O)c(C(=Nc3ccc(CN4CCCCC4)cc3)c3ccccc3)c2c1. The Hall–Kier alpha value is -3.90. The second-order valence-electron chi connectivity index (χ2n) is 8.80. The highest BCUT2D eigenvalue weighted by molar-refractivity contribution is 6.22. The van der Waals surface area contributed by atoms with Crippen molar-refractivity contribution < 1.29 is 9.90 Å². The monoisotopic (exact) mass is 452 g/mol. The van der Waals surface area contributed by atoms with E-state index in [9.17, 15) is 9.90 Å². The molecule has 1 fully saturated rings. The van der Waals surface area contributed by atoms with Gasteiger partial charge in [0.25, 0.3) is 0 Å². The Bertz CT molecular complexity index is 1330. The Morgan fingerprint density at radius 3 is 2.38 bits per heavy atom. The van der Waals surface area contributed by atoms with Gasteiger partial charge in [-0.2, -0.15) is 0 Å². The number of hydrogen-bond acceptors (Lipinski definition) is 4. The molecule has 0 bridgehead atoms. The highest BCUT2D eigenvalue weighted by Gasteiger charge is 2.20. The molecule has 0 unspecified atom stereocenters. The number of nitrogens with one attached hydrogen (secondary N) is 1. The molecule has 1 saturated heterocycles. The van der Waals surface area contributed by atoms with Crippen LogP contribution in [0.4, 0.5) is 5.69 Å². The van der Waals surface area contributed by atoms with Gasteiger partial charge in [-0.25, -0.2) is 4.99 Å². The molecule has 34 heavy (non-hydrogen) atoms. The third kappa shape index (κ3) is 4.58. The van der Waals surface area contributed by atoms with E-state index in [4.69, 9.17) is 10.7 Å². The zero-order valence-corrected chi connectivity index (χ0v) is 19.0. The lowest BCUT2D eigenvalue weighted by atomic mass is 9.99. The van der Waals surface area contributed by atoms with Crippen molar-refractivity contribution in [2.75, 3.05) is 13.1 Å². The topological polar surface area (TPSA) is 94.7 Å². The maximum absolute atomic E-state index is 11.8. The van der Waals surface area contributed by atoms with E-state index in [2.05, 4.69) is 22.0 Å². The number of aromatic amines is 1. The van der Waals surface area contributed by atoms with Gasteiger partial charge in [-0.05, 0) is 61.8 Å². The van der Waals surface area contributed by atoms with Crippen LogP contribution in [0.1, 0.15) is 46.3 Å². The van der Waals surface area contributed by atoms with E-state index >= 15 is 0 Å². The molecule has 0 saturated carbocycles. The fourth-order valence-corrected chi connectivity index (χ4v) is 4.61. The second kappa shape index (κ2) is 9.53. The Balaban J connectivity index is 1.56. The quantitative estimate of drug-likeness (QED) is 0.354. The third-order valence-electron chi connectivity index (χ3n) is 6.38. The van der Waals surface area contributed by atoms with Crippen molar-refractivity contribution in [1.82, 2.24) is 9.88 Å². The molecular weight excluding hydrogens is 424 g/mol. The van der Waals surface area contributed by atoms with Gasteiger partial charge in [-0.1, -0.05) is 48.9 Å². The van der Waals surface area contributed by atoms with Crippen molar-refractivity contribution >= 4 is 28.2 Å². The van der Waals surface area contributed by atoms with Crippen molar-refractivity contribution in [3.8, 4) is 5.88 Å². The number of nitrogens with two attached hydrogens (primary N) is 1. The summed E-state index contributed by atoms with van der Waals surface area (Å²) in [6.07, 6.45) is 3.87. The predicted molar refractivity (Wildman–Crippen MR) is 136 cm³/mol. The summed E-state index contributed by atoms with van der Waals surface area (Å²) >= 11 is 0. The number of fused-ring (bicyclic) bond motifs is 1. The number of carbonyl (C=O) groups excluding carboxylic acids is 1. The van der Waals surface area contributed by atoms with Gasteiger partial charge >= 0.3 is 0 Å². The summed E-state index contributed by atoms with van der Waals surface area (Å²) in [5, 5.41) is 11.5. The van der Waals surface area contributed by atoms with Gasteiger partial charge in [0.05, 0.1) is 17.0 Å². The molecule has 2 heterocycles. The lowest BCUT2D eigenvalue weighted by molar-refractivity contribution is 0.100. The summed E-state index contributed by atoms with van der Waals surface area (Å²) in [6, 6.07) is 23.1. The standard InChI is InChI=1S/C28H28N4O2/c29-27(33)21-11-14-24-23(17-21)25(28(34)31-24)26(20-7-3-1-4-8-20)30-22-12-9-19(10-13-22)18-32-15-5-2-6-16-32/h1,3-4,7-14,17,31,34H,2,5-6,15-16,18H2,(H2,29,33). The van der Waals surface area contributed by atoms with E-state index in [0.29, 0.717) is 27.7 Å².